The number of rotatable bonds is 4. The molecule has 1 heterocycles. The topological polar surface area (TPSA) is 78.5 Å². The van der Waals surface area contributed by atoms with Gasteiger partial charge < -0.3 is 10.6 Å². The van der Waals surface area contributed by atoms with Gasteiger partial charge in [0, 0.05) is 6.54 Å². The molecule has 110 valence electrons. The molecule has 0 aromatic rings. The number of amides is 4. The molecule has 6 heteroatoms. The summed E-state index contributed by atoms with van der Waals surface area (Å²) in [5.74, 6) is -0.508. The van der Waals surface area contributed by atoms with Gasteiger partial charge in [-0.2, -0.15) is 0 Å². The van der Waals surface area contributed by atoms with E-state index in [9.17, 15) is 14.4 Å². The molecule has 4 amide bonds. The third-order valence-electron chi connectivity index (χ3n) is 4.25. The second-order valence-electron chi connectivity index (χ2n) is 5.53. The average Bonchev–Trinajstić information content (AvgIpc) is 2.65. The van der Waals surface area contributed by atoms with E-state index in [0.29, 0.717) is 13.0 Å². The Hall–Kier alpha value is -1.85. The van der Waals surface area contributed by atoms with Crippen molar-refractivity contribution in [1.29, 1.82) is 0 Å². The molecule has 2 fully saturated rings. The highest BCUT2D eigenvalue weighted by molar-refractivity contribution is 6.09. The van der Waals surface area contributed by atoms with Crippen LogP contribution in [0.2, 0.25) is 0 Å². The highest BCUT2D eigenvalue weighted by Crippen LogP contribution is 2.37. The molecule has 1 spiro atoms. The molecule has 20 heavy (non-hydrogen) atoms. The first-order chi connectivity index (χ1) is 9.51. The lowest BCUT2D eigenvalue weighted by atomic mass is 9.73. The van der Waals surface area contributed by atoms with E-state index >= 15 is 0 Å². The number of hydrogen-bond acceptors (Lipinski definition) is 3. The summed E-state index contributed by atoms with van der Waals surface area (Å²) in [7, 11) is 0. The lowest BCUT2D eigenvalue weighted by molar-refractivity contribution is -0.137. The van der Waals surface area contributed by atoms with Gasteiger partial charge in [-0.15, -0.1) is 6.58 Å². The van der Waals surface area contributed by atoms with Gasteiger partial charge in [0.25, 0.3) is 5.91 Å². The molecule has 0 radical (unpaired) electrons. The van der Waals surface area contributed by atoms with E-state index in [4.69, 9.17) is 0 Å². The van der Waals surface area contributed by atoms with Crippen molar-refractivity contribution in [3.05, 3.63) is 12.7 Å². The van der Waals surface area contributed by atoms with E-state index in [-0.39, 0.29) is 24.3 Å². The maximum absolute atomic E-state index is 12.6. The van der Waals surface area contributed by atoms with Crippen molar-refractivity contribution >= 4 is 17.8 Å². The molecule has 2 atom stereocenters. The van der Waals surface area contributed by atoms with Crippen molar-refractivity contribution in [2.24, 2.45) is 5.92 Å². The van der Waals surface area contributed by atoms with Crippen LogP contribution in [-0.4, -0.2) is 41.4 Å². The molecule has 1 aliphatic carbocycles. The number of carbonyl (C=O) groups is 3. The van der Waals surface area contributed by atoms with E-state index in [1.165, 1.54) is 0 Å². The minimum atomic E-state index is -0.798. The minimum Gasteiger partial charge on any atom is -0.351 e. The summed E-state index contributed by atoms with van der Waals surface area (Å²) in [6.07, 6.45) is 5.12. The largest absolute Gasteiger partial charge is 0.351 e. The minimum absolute atomic E-state index is 0.105. The van der Waals surface area contributed by atoms with Crippen LogP contribution in [0.4, 0.5) is 4.79 Å². The number of nitrogens with zero attached hydrogens (tertiary/aromatic N) is 1. The van der Waals surface area contributed by atoms with Crippen LogP contribution in [0.5, 0.6) is 0 Å². The SMILES string of the molecule is C=CCNC(=O)CN1C(=O)NC2(CCCCC2C)C1=O. The molecule has 1 aliphatic heterocycles. The summed E-state index contributed by atoms with van der Waals surface area (Å²) in [6, 6.07) is -0.461. The Morgan fingerprint density at radius 3 is 2.95 bits per heavy atom. The summed E-state index contributed by atoms with van der Waals surface area (Å²) in [5, 5.41) is 5.39. The van der Waals surface area contributed by atoms with Gasteiger partial charge >= 0.3 is 6.03 Å². The molecule has 0 aromatic carbocycles. The number of urea groups is 1. The molecule has 6 nitrogen and oxygen atoms in total. The van der Waals surface area contributed by atoms with Gasteiger partial charge in [-0.1, -0.05) is 25.8 Å². The third kappa shape index (κ3) is 2.42. The molecule has 1 saturated carbocycles. The lowest BCUT2D eigenvalue weighted by Gasteiger charge is -2.36. The van der Waals surface area contributed by atoms with E-state index in [2.05, 4.69) is 17.2 Å². The summed E-state index contributed by atoms with van der Waals surface area (Å²) in [5.41, 5.74) is -0.798. The predicted octanol–water partition coefficient (Wildman–Crippen LogP) is 0.789. The Morgan fingerprint density at radius 2 is 2.30 bits per heavy atom. The highest BCUT2D eigenvalue weighted by Gasteiger charge is 2.55. The first kappa shape index (κ1) is 14.6. The molecule has 2 aliphatic rings. The van der Waals surface area contributed by atoms with Crippen LogP contribution in [0, 0.1) is 5.92 Å². The molecule has 2 N–H and O–H groups in total. The molecule has 0 bridgehead atoms. The van der Waals surface area contributed by atoms with Crippen molar-refractivity contribution in [2.75, 3.05) is 13.1 Å². The highest BCUT2D eigenvalue weighted by atomic mass is 16.2. The quantitative estimate of drug-likeness (QED) is 0.590. The maximum Gasteiger partial charge on any atom is 0.325 e. The fraction of sp³-hybridized carbons (Fsp3) is 0.643. The van der Waals surface area contributed by atoms with E-state index in [0.717, 1.165) is 24.2 Å². The van der Waals surface area contributed by atoms with Crippen molar-refractivity contribution < 1.29 is 14.4 Å². The van der Waals surface area contributed by atoms with Crippen LogP contribution in [0.25, 0.3) is 0 Å². The van der Waals surface area contributed by atoms with Gasteiger partial charge in [0.1, 0.15) is 12.1 Å². The van der Waals surface area contributed by atoms with Crippen LogP contribution in [0.1, 0.15) is 32.6 Å². The van der Waals surface area contributed by atoms with Crippen LogP contribution in [0.15, 0.2) is 12.7 Å². The molecule has 2 rings (SSSR count). The van der Waals surface area contributed by atoms with Gasteiger partial charge in [-0.25, -0.2) is 4.79 Å². The Balaban J connectivity index is 2.08. The second-order valence-corrected chi connectivity index (χ2v) is 5.53. The van der Waals surface area contributed by atoms with Crippen molar-refractivity contribution in [3.63, 3.8) is 0 Å². The Labute approximate surface area is 118 Å². The average molecular weight is 279 g/mol. The number of hydrogen-bond donors (Lipinski definition) is 2. The van der Waals surface area contributed by atoms with Crippen LogP contribution >= 0.6 is 0 Å². The van der Waals surface area contributed by atoms with Crippen molar-refractivity contribution in [3.8, 4) is 0 Å². The Morgan fingerprint density at radius 1 is 1.55 bits per heavy atom. The Bertz CT molecular complexity index is 449. The van der Waals surface area contributed by atoms with Crippen LogP contribution < -0.4 is 10.6 Å². The number of imide groups is 1. The Kier molecular flexibility index (Phi) is 4.11. The number of carbonyl (C=O) groups excluding carboxylic acids is 3. The van der Waals surface area contributed by atoms with Gasteiger partial charge in [0.15, 0.2) is 0 Å². The normalized spacial score (nSPS) is 29.4. The fourth-order valence-electron chi connectivity index (χ4n) is 3.02. The number of nitrogens with one attached hydrogen (secondary N) is 2. The van der Waals surface area contributed by atoms with E-state index in [1.807, 2.05) is 6.92 Å². The second kappa shape index (κ2) is 5.64. The molecule has 2 unspecified atom stereocenters. The van der Waals surface area contributed by atoms with Crippen LogP contribution in [-0.2, 0) is 9.59 Å². The molecule has 0 aromatic heterocycles. The van der Waals surface area contributed by atoms with Crippen molar-refractivity contribution in [2.45, 2.75) is 38.1 Å². The van der Waals surface area contributed by atoms with E-state index < -0.39 is 11.6 Å². The zero-order chi connectivity index (χ0) is 14.8. The monoisotopic (exact) mass is 279 g/mol. The standard InChI is InChI=1S/C14H21N3O3/c1-3-8-15-11(18)9-17-12(19)14(16-13(17)20)7-5-4-6-10(14)2/h3,10H,1,4-9H2,2H3,(H,15,18)(H,16,20). The van der Waals surface area contributed by atoms with Crippen molar-refractivity contribution in [1.82, 2.24) is 15.5 Å². The predicted molar refractivity (Wildman–Crippen MR) is 73.8 cm³/mol. The molecule has 1 saturated heterocycles. The van der Waals surface area contributed by atoms with Gasteiger partial charge in [-0.05, 0) is 18.8 Å². The zero-order valence-electron chi connectivity index (χ0n) is 11.8. The first-order valence-corrected chi connectivity index (χ1v) is 7.03. The van der Waals surface area contributed by atoms with Gasteiger partial charge in [0.2, 0.25) is 5.91 Å². The lowest BCUT2D eigenvalue weighted by Crippen LogP contribution is -2.54. The van der Waals surface area contributed by atoms with E-state index in [1.54, 1.807) is 6.08 Å². The maximum atomic E-state index is 12.6. The molecular weight excluding hydrogens is 258 g/mol. The van der Waals surface area contributed by atoms with Crippen LogP contribution in [0.3, 0.4) is 0 Å². The molecular formula is C14H21N3O3. The first-order valence-electron chi connectivity index (χ1n) is 7.03. The summed E-state index contributed by atoms with van der Waals surface area (Å²) in [6.45, 7) is 5.58. The summed E-state index contributed by atoms with van der Waals surface area (Å²) < 4.78 is 0. The fourth-order valence-corrected chi connectivity index (χ4v) is 3.02. The smallest absolute Gasteiger partial charge is 0.325 e. The van der Waals surface area contributed by atoms with Gasteiger partial charge in [0.05, 0.1) is 0 Å². The third-order valence-corrected chi connectivity index (χ3v) is 4.25. The zero-order valence-corrected chi connectivity index (χ0v) is 11.8. The summed E-state index contributed by atoms with van der Waals surface area (Å²) in [4.78, 5) is 37.3. The summed E-state index contributed by atoms with van der Waals surface area (Å²) >= 11 is 0. The van der Waals surface area contributed by atoms with Gasteiger partial charge in [-0.3, -0.25) is 14.5 Å².